The number of amides is 2. The Kier molecular flexibility index (Phi) is 5.69. The lowest BCUT2D eigenvalue weighted by Crippen LogP contribution is -2.32. The Hall–Kier alpha value is -2.96. The minimum atomic E-state index is -0.826. The standard InChI is InChI=1S/C20H21F2N3O2/c1-13(20(27)24-18-8-7-15(21)11-17(18)22)23-16-5-2-4-14(10-16)12-25-9-3-6-19(25)26/h2,4-5,7-8,10-11,13,23H,3,6,9,12H2,1H3,(H,24,27). The van der Waals surface area contributed by atoms with Gasteiger partial charge in [-0.2, -0.15) is 0 Å². The number of carbonyl (C=O) groups excluding carboxylic acids is 2. The summed E-state index contributed by atoms with van der Waals surface area (Å²) in [4.78, 5) is 25.8. The maximum atomic E-state index is 13.7. The molecule has 2 N–H and O–H groups in total. The highest BCUT2D eigenvalue weighted by Crippen LogP contribution is 2.19. The van der Waals surface area contributed by atoms with Gasteiger partial charge in [0, 0.05) is 31.3 Å². The molecule has 1 heterocycles. The van der Waals surface area contributed by atoms with Crippen molar-refractivity contribution in [1.82, 2.24) is 4.90 Å². The molecule has 1 fully saturated rings. The number of likely N-dealkylation sites (tertiary alicyclic amines) is 1. The summed E-state index contributed by atoms with van der Waals surface area (Å²) in [6.45, 7) is 2.95. The van der Waals surface area contributed by atoms with Crippen LogP contribution in [0.3, 0.4) is 0 Å². The fraction of sp³-hybridized carbons (Fsp3) is 0.300. The molecule has 2 aromatic rings. The van der Waals surface area contributed by atoms with Gasteiger partial charge in [-0.1, -0.05) is 12.1 Å². The first-order chi connectivity index (χ1) is 12.9. The molecule has 3 rings (SSSR count). The van der Waals surface area contributed by atoms with E-state index in [0.29, 0.717) is 13.0 Å². The van der Waals surface area contributed by atoms with E-state index in [4.69, 9.17) is 0 Å². The first-order valence-corrected chi connectivity index (χ1v) is 8.81. The van der Waals surface area contributed by atoms with Crippen LogP contribution in [0.4, 0.5) is 20.2 Å². The van der Waals surface area contributed by atoms with E-state index in [1.165, 1.54) is 6.07 Å². The van der Waals surface area contributed by atoms with Gasteiger partial charge < -0.3 is 15.5 Å². The lowest BCUT2D eigenvalue weighted by Gasteiger charge is -2.18. The number of hydrogen-bond acceptors (Lipinski definition) is 3. The fourth-order valence-corrected chi connectivity index (χ4v) is 3.00. The van der Waals surface area contributed by atoms with Crippen LogP contribution in [0.25, 0.3) is 0 Å². The van der Waals surface area contributed by atoms with E-state index in [2.05, 4.69) is 10.6 Å². The molecule has 1 aliphatic rings. The van der Waals surface area contributed by atoms with E-state index in [0.717, 1.165) is 36.3 Å². The molecule has 0 saturated carbocycles. The normalized spacial score (nSPS) is 14.9. The second-order valence-electron chi connectivity index (χ2n) is 6.60. The number of nitrogens with zero attached hydrogens (tertiary/aromatic N) is 1. The highest BCUT2D eigenvalue weighted by atomic mass is 19.1. The molecule has 0 radical (unpaired) electrons. The summed E-state index contributed by atoms with van der Waals surface area (Å²) in [5.41, 5.74) is 1.62. The number of rotatable bonds is 6. The molecule has 1 atom stereocenters. The van der Waals surface area contributed by atoms with Crippen molar-refractivity contribution in [2.45, 2.75) is 32.4 Å². The van der Waals surface area contributed by atoms with Crippen molar-refractivity contribution >= 4 is 23.2 Å². The molecule has 2 amide bonds. The molecule has 7 heteroatoms. The van der Waals surface area contributed by atoms with Gasteiger partial charge in [0.25, 0.3) is 0 Å². The molecular weight excluding hydrogens is 352 g/mol. The van der Waals surface area contributed by atoms with Crippen LogP contribution < -0.4 is 10.6 Å². The van der Waals surface area contributed by atoms with Crippen LogP contribution in [0.5, 0.6) is 0 Å². The first kappa shape index (κ1) is 18.8. The van der Waals surface area contributed by atoms with E-state index in [-0.39, 0.29) is 11.6 Å². The largest absolute Gasteiger partial charge is 0.374 e. The first-order valence-electron chi connectivity index (χ1n) is 8.81. The van der Waals surface area contributed by atoms with E-state index < -0.39 is 23.6 Å². The zero-order valence-corrected chi connectivity index (χ0v) is 15.0. The van der Waals surface area contributed by atoms with Crippen LogP contribution >= 0.6 is 0 Å². The molecule has 1 unspecified atom stereocenters. The number of halogens is 2. The summed E-state index contributed by atoms with van der Waals surface area (Å²) in [6, 6.07) is 9.82. The van der Waals surface area contributed by atoms with E-state index >= 15 is 0 Å². The highest BCUT2D eigenvalue weighted by molar-refractivity contribution is 5.96. The van der Waals surface area contributed by atoms with Gasteiger partial charge in [0.1, 0.15) is 17.7 Å². The SMILES string of the molecule is CC(Nc1cccc(CN2CCCC2=O)c1)C(=O)Nc1ccc(F)cc1F. The van der Waals surface area contributed by atoms with Gasteiger partial charge in [0.05, 0.1) is 5.69 Å². The quantitative estimate of drug-likeness (QED) is 0.814. The van der Waals surface area contributed by atoms with Gasteiger partial charge in [-0.15, -0.1) is 0 Å². The van der Waals surface area contributed by atoms with Gasteiger partial charge >= 0.3 is 0 Å². The summed E-state index contributed by atoms with van der Waals surface area (Å²) >= 11 is 0. The maximum absolute atomic E-state index is 13.7. The predicted octanol–water partition coefficient (Wildman–Crippen LogP) is 3.53. The molecule has 27 heavy (non-hydrogen) atoms. The Morgan fingerprint density at radius 3 is 2.74 bits per heavy atom. The van der Waals surface area contributed by atoms with Crippen molar-refractivity contribution in [3.05, 3.63) is 59.7 Å². The van der Waals surface area contributed by atoms with Crippen molar-refractivity contribution < 1.29 is 18.4 Å². The molecule has 0 aliphatic carbocycles. The zero-order valence-electron chi connectivity index (χ0n) is 15.0. The molecule has 0 spiro atoms. The fourth-order valence-electron chi connectivity index (χ4n) is 3.00. The highest BCUT2D eigenvalue weighted by Gasteiger charge is 2.20. The third kappa shape index (κ3) is 4.81. The summed E-state index contributed by atoms with van der Waals surface area (Å²) in [5.74, 6) is -1.82. The molecule has 0 bridgehead atoms. The molecule has 1 saturated heterocycles. The topological polar surface area (TPSA) is 61.4 Å². The summed E-state index contributed by atoms with van der Waals surface area (Å²) in [7, 11) is 0. The van der Waals surface area contributed by atoms with Crippen LogP contribution in [0.1, 0.15) is 25.3 Å². The number of benzene rings is 2. The average Bonchev–Trinajstić information content (AvgIpc) is 3.02. The Bertz CT molecular complexity index is 857. The van der Waals surface area contributed by atoms with Gasteiger partial charge in [-0.05, 0) is 43.2 Å². The number of hydrogen-bond donors (Lipinski definition) is 2. The van der Waals surface area contributed by atoms with Gasteiger partial charge in [-0.25, -0.2) is 8.78 Å². The Morgan fingerprint density at radius 2 is 2.04 bits per heavy atom. The molecule has 0 aromatic heterocycles. The van der Waals surface area contributed by atoms with Gasteiger partial charge in [0.15, 0.2) is 0 Å². The Labute approximate surface area is 156 Å². The number of nitrogens with one attached hydrogen (secondary N) is 2. The second-order valence-corrected chi connectivity index (χ2v) is 6.60. The Morgan fingerprint density at radius 1 is 1.22 bits per heavy atom. The van der Waals surface area contributed by atoms with Crippen LogP contribution in [0.15, 0.2) is 42.5 Å². The maximum Gasteiger partial charge on any atom is 0.246 e. The second kappa shape index (κ2) is 8.16. The lowest BCUT2D eigenvalue weighted by molar-refractivity contribution is -0.128. The van der Waals surface area contributed by atoms with Gasteiger partial charge in [0.2, 0.25) is 11.8 Å². The minimum absolute atomic E-state index is 0.0728. The third-order valence-corrected chi connectivity index (χ3v) is 4.44. The summed E-state index contributed by atoms with van der Waals surface area (Å²) in [5, 5.41) is 5.50. The Balaban J connectivity index is 1.61. The van der Waals surface area contributed by atoms with Gasteiger partial charge in [-0.3, -0.25) is 9.59 Å². The van der Waals surface area contributed by atoms with Crippen LogP contribution in [0, 0.1) is 11.6 Å². The molecular formula is C20H21F2N3O2. The molecule has 142 valence electrons. The summed E-state index contributed by atoms with van der Waals surface area (Å²) in [6.07, 6.45) is 1.48. The van der Waals surface area contributed by atoms with E-state index in [1.807, 2.05) is 29.2 Å². The molecule has 2 aromatic carbocycles. The number of anilines is 2. The van der Waals surface area contributed by atoms with Crippen molar-refractivity contribution in [3.8, 4) is 0 Å². The average molecular weight is 373 g/mol. The third-order valence-electron chi connectivity index (χ3n) is 4.44. The van der Waals surface area contributed by atoms with E-state index in [1.54, 1.807) is 6.92 Å². The van der Waals surface area contributed by atoms with Crippen molar-refractivity contribution in [2.24, 2.45) is 0 Å². The van der Waals surface area contributed by atoms with Crippen molar-refractivity contribution in [3.63, 3.8) is 0 Å². The zero-order chi connectivity index (χ0) is 19.4. The van der Waals surface area contributed by atoms with E-state index in [9.17, 15) is 18.4 Å². The molecule has 5 nitrogen and oxygen atoms in total. The summed E-state index contributed by atoms with van der Waals surface area (Å²) < 4.78 is 26.6. The molecule has 1 aliphatic heterocycles. The predicted molar refractivity (Wildman–Crippen MR) is 99.2 cm³/mol. The van der Waals surface area contributed by atoms with Crippen LogP contribution in [0.2, 0.25) is 0 Å². The monoisotopic (exact) mass is 373 g/mol. The minimum Gasteiger partial charge on any atom is -0.374 e. The van der Waals surface area contributed by atoms with Crippen molar-refractivity contribution in [2.75, 3.05) is 17.2 Å². The van der Waals surface area contributed by atoms with Crippen LogP contribution in [-0.4, -0.2) is 29.3 Å². The smallest absolute Gasteiger partial charge is 0.246 e. The number of carbonyl (C=O) groups is 2. The van der Waals surface area contributed by atoms with Crippen LogP contribution in [-0.2, 0) is 16.1 Å². The lowest BCUT2D eigenvalue weighted by atomic mass is 10.1. The van der Waals surface area contributed by atoms with Crippen molar-refractivity contribution in [1.29, 1.82) is 0 Å².